The van der Waals surface area contributed by atoms with Crippen molar-refractivity contribution in [2.24, 2.45) is 5.92 Å². The van der Waals surface area contributed by atoms with Gasteiger partial charge >= 0.3 is 0 Å². The lowest BCUT2D eigenvalue weighted by molar-refractivity contribution is 0.101. The fraction of sp³-hybridized carbons (Fsp3) is 0.500. The van der Waals surface area contributed by atoms with Gasteiger partial charge in [-0.3, -0.25) is 4.79 Å². The molecule has 0 aromatic heterocycles. The van der Waals surface area contributed by atoms with Crippen LogP contribution in [0.2, 0.25) is 0 Å². The number of benzene rings is 1. The molecule has 0 aliphatic carbocycles. The molecule has 19 heavy (non-hydrogen) atoms. The number of hydrogen-bond donors (Lipinski definition) is 0. The summed E-state index contributed by atoms with van der Waals surface area (Å²) in [5.74, 6) is 0.120. The Morgan fingerprint density at radius 3 is 2.42 bits per heavy atom. The van der Waals surface area contributed by atoms with Crippen molar-refractivity contribution in [3.63, 3.8) is 0 Å². The third-order valence-corrected chi connectivity index (χ3v) is 4.74. The molecule has 0 saturated carbocycles. The van der Waals surface area contributed by atoms with Gasteiger partial charge in [0.05, 0.1) is 4.90 Å². The number of Topliss-reactive ketones (excluding diaryl/α,β-unsaturated/α-hetero) is 1. The SMILES string of the molecule is CCN(CC(C)C)S(=O)(=O)c1cccc(C(C)=O)c1. The second kappa shape index (κ2) is 6.30. The van der Waals surface area contributed by atoms with Gasteiger partial charge in [0.15, 0.2) is 5.78 Å². The number of hydrogen-bond acceptors (Lipinski definition) is 3. The highest BCUT2D eigenvalue weighted by molar-refractivity contribution is 7.89. The fourth-order valence-corrected chi connectivity index (χ4v) is 3.49. The first-order chi connectivity index (χ1) is 8.78. The summed E-state index contributed by atoms with van der Waals surface area (Å²) in [6.45, 7) is 8.09. The Balaban J connectivity index is 3.18. The number of rotatable bonds is 6. The molecule has 4 nitrogen and oxygen atoms in total. The van der Waals surface area contributed by atoms with Crippen LogP contribution in [0.3, 0.4) is 0 Å². The Morgan fingerprint density at radius 1 is 1.32 bits per heavy atom. The van der Waals surface area contributed by atoms with Gasteiger partial charge in [-0.15, -0.1) is 0 Å². The molecule has 0 fully saturated rings. The molecule has 0 N–H and O–H groups in total. The fourth-order valence-electron chi connectivity index (χ4n) is 1.83. The quantitative estimate of drug-likeness (QED) is 0.754. The maximum absolute atomic E-state index is 12.5. The predicted octanol–water partition coefficient (Wildman–Crippen LogP) is 2.56. The molecular formula is C14H21NO3S. The number of carbonyl (C=O) groups is 1. The average molecular weight is 283 g/mol. The molecule has 1 rings (SSSR count). The third kappa shape index (κ3) is 3.88. The number of nitrogens with zero attached hydrogens (tertiary/aromatic N) is 1. The summed E-state index contributed by atoms with van der Waals surface area (Å²) < 4.78 is 26.4. The van der Waals surface area contributed by atoms with E-state index in [1.165, 1.54) is 23.4 Å². The Morgan fingerprint density at radius 2 is 1.95 bits per heavy atom. The summed E-state index contributed by atoms with van der Waals surface area (Å²) in [6.07, 6.45) is 0. The average Bonchev–Trinajstić information content (AvgIpc) is 2.35. The van der Waals surface area contributed by atoms with Crippen LogP contribution in [0.1, 0.15) is 38.1 Å². The van der Waals surface area contributed by atoms with Gasteiger partial charge in [0.25, 0.3) is 0 Å². The first-order valence-corrected chi connectivity index (χ1v) is 7.84. The Bertz CT molecular complexity index is 550. The lowest BCUT2D eigenvalue weighted by Gasteiger charge is -2.22. The summed E-state index contributed by atoms with van der Waals surface area (Å²) >= 11 is 0. The normalized spacial score (nSPS) is 12.1. The number of ketones is 1. The van der Waals surface area contributed by atoms with Crippen molar-refractivity contribution in [3.8, 4) is 0 Å². The Labute approximate surface area is 115 Å². The summed E-state index contributed by atoms with van der Waals surface area (Å²) in [4.78, 5) is 11.5. The predicted molar refractivity (Wildman–Crippen MR) is 75.7 cm³/mol. The zero-order chi connectivity index (χ0) is 14.6. The van der Waals surface area contributed by atoms with E-state index in [-0.39, 0.29) is 16.6 Å². The monoisotopic (exact) mass is 283 g/mol. The lowest BCUT2D eigenvalue weighted by atomic mass is 10.2. The van der Waals surface area contributed by atoms with E-state index in [1.54, 1.807) is 12.1 Å². The summed E-state index contributed by atoms with van der Waals surface area (Å²) in [5, 5.41) is 0. The summed E-state index contributed by atoms with van der Waals surface area (Å²) in [5.41, 5.74) is 0.418. The van der Waals surface area contributed by atoms with Gasteiger partial charge in [-0.05, 0) is 25.0 Å². The second-order valence-corrected chi connectivity index (χ2v) is 6.87. The molecule has 106 valence electrons. The molecule has 0 aliphatic heterocycles. The first kappa shape index (κ1) is 15.9. The standard InChI is InChI=1S/C14H21NO3S/c1-5-15(10-11(2)3)19(17,18)14-8-6-7-13(9-14)12(4)16/h6-9,11H,5,10H2,1-4H3. The number of sulfonamides is 1. The maximum Gasteiger partial charge on any atom is 0.243 e. The minimum Gasteiger partial charge on any atom is -0.295 e. The van der Waals surface area contributed by atoms with Crippen LogP contribution in [0.5, 0.6) is 0 Å². The van der Waals surface area contributed by atoms with Gasteiger partial charge in [0.2, 0.25) is 10.0 Å². The zero-order valence-corrected chi connectivity index (χ0v) is 12.7. The van der Waals surface area contributed by atoms with Gasteiger partial charge in [-0.25, -0.2) is 8.42 Å². The van der Waals surface area contributed by atoms with E-state index in [1.807, 2.05) is 20.8 Å². The van der Waals surface area contributed by atoms with Crippen molar-refractivity contribution in [3.05, 3.63) is 29.8 Å². The van der Waals surface area contributed by atoms with Gasteiger partial charge in [0, 0.05) is 18.7 Å². The smallest absolute Gasteiger partial charge is 0.243 e. The van der Waals surface area contributed by atoms with Crippen LogP contribution in [-0.4, -0.2) is 31.6 Å². The minimum atomic E-state index is -3.52. The van der Waals surface area contributed by atoms with E-state index in [0.29, 0.717) is 18.7 Å². The second-order valence-electron chi connectivity index (χ2n) is 4.93. The molecule has 0 unspecified atom stereocenters. The van der Waals surface area contributed by atoms with Crippen molar-refractivity contribution in [2.45, 2.75) is 32.6 Å². The molecule has 5 heteroatoms. The van der Waals surface area contributed by atoms with E-state index in [2.05, 4.69) is 0 Å². The van der Waals surface area contributed by atoms with E-state index in [0.717, 1.165) is 0 Å². The summed E-state index contributed by atoms with van der Waals surface area (Å²) in [6, 6.07) is 6.21. The maximum atomic E-state index is 12.5. The highest BCUT2D eigenvalue weighted by atomic mass is 32.2. The van der Waals surface area contributed by atoms with Crippen LogP contribution in [0.15, 0.2) is 29.2 Å². The van der Waals surface area contributed by atoms with Crippen LogP contribution in [0, 0.1) is 5.92 Å². The molecule has 1 aromatic carbocycles. The first-order valence-electron chi connectivity index (χ1n) is 6.40. The van der Waals surface area contributed by atoms with Crippen LogP contribution in [0.25, 0.3) is 0 Å². The van der Waals surface area contributed by atoms with Crippen molar-refractivity contribution < 1.29 is 13.2 Å². The van der Waals surface area contributed by atoms with Crippen molar-refractivity contribution in [1.82, 2.24) is 4.31 Å². The largest absolute Gasteiger partial charge is 0.295 e. The van der Waals surface area contributed by atoms with Gasteiger partial charge in [0.1, 0.15) is 0 Å². The molecule has 0 saturated heterocycles. The van der Waals surface area contributed by atoms with Crippen molar-refractivity contribution in [2.75, 3.05) is 13.1 Å². The highest BCUT2D eigenvalue weighted by Crippen LogP contribution is 2.18. The molecule has 0 bridgehead atoms. The number of carbonyl (C=O) groups excluding carboxylic acids is 1. The van der Waals surface area contributed by atoms with E-state index >= 15 is 0 Å². The minimum absolute atomic E-state index is 0.135. The molecular weight excluding hydrogens is 262 g/mol. The van der Waals surface area contributed by atoms with E-state index in [9.17, 15) is 13.2 Å². The van der Waals surface area contributed by atoms with Gasteiger partial charge in [-0.1, -0.05) is 32.9 Å². The van der Waals surface area contributed by atoms with Crippen LogP contribution in [0.4, 0.5) is 0 Å². The Hall–Kier alpha value is -1.20. The molecule has 0 amide bonds. The zero-order valence-electron chi connectivity index (χ0n) is 11.9. The third-order valence-electron chi connectivity index (χ3n) is 2.80. The van der Waals surface area contributed by atoms with Crippen molar-refractivity contribution >= 4 is 15.8 Å². The van der Waals surface area contributed by atoms with E-state index in [4.69, 9.17) is 0 Å². The molecule has 1 aromatic rings. The molecule has 0 spiro atoms. The van der Waals surface area contributed by atoms with Crippen LogP contribution >= 0.6 is 0 Å². The van der Waals surface area contributed by atoms with Crippen LogP contribution in [-0.2, 0) is 10.0 Å². The highest BCUT2D eigenvalue weighted by Gasteiger charge is 2.24. The molecule has 0 radical (unpaired) electrons. The molecule has 0 atom stereocenters. The van der Waals surface area contributed by atoms with Crippen LogP contribution < -0.4 is 0 Å². The summed E-state index contributed by atoms with van der Waals surface area (Å²) in [7, 11) is -3.52. The van der Waals surface area contributed by atoms with E-state index < -0.39 is 10.0 Å². The lowest BCUT2D eigenvalue weighted by Crippen LogP contribution is -2.34. The van der Waals surface area contributed by atoms with Crippen molar-refractivity contribution in [1.29, 1.82) is 0 Å². The van der Waals surface area contributed by atoms with Gasteiger partial charge in [-0.2, -0.15) is 4.31 Å². The van der Waals surface area contributed by atoms with Gasteiger partial charge < -0.3 is 0 Å². The topological polar surface area (TPSA) is 54.5 Å². The molecule has 0 heterocycles. The molecule has 0 aliphatic rings. The Kier molecular flexibility index (Phi) is 5.26.